The van der Waals surface area contributed by atoms with E-state index in [0.717, 1.165) is 23.1 Å². The summed E-state index contributed by atoms with van der Waals surface area (Å²) >= 11 is 1.66. The Bertz CT molecular complexity index is 1140. The fraction of sp³-hybridized carbons (Fsp3) is 0.292. The van der Waals surface area contributed by atoms with Gasteiger partial charge in [-0.05, 0) is 54.5 Å². The molecule has 1 amide bonds. The second-order valence-corrected chi connectivity index (χ2v) is 10.7. The van der Waals surface area contributed by atoms with Gasteiger partial charge in [0.25, 0.3) is 0 Å². The van der Waals surface area contributed by atoms with Crippen molar-refractivity contribution < 1.29 is 13.2 Å². The Morgan fingerprint density at radius 3 is 2.61 bits per heavy atom. The highest BCUT2D eigenvalue weighted by Gasteiger charge is 2.37. The zero-order valence-corrected chi connectivity index (χ0v) is 19.1. The Morgan fingerprint density at radius 1 is 1.10 bits per heavy atom. The van der Waals surface area contributed by atoms with Crippen molar-refractivity contribution in [1.82, 2.24) is 9.62 Å². The third-order valence-electron chi connectivity index (χ3n) is 5.64. The van der Waals surface area contributed by atoms with Crippen LogP contribution in [0.15, 0.2) is 70.9 Å². The quantitative estimate of drug-likeness (QED) is 0.585. The predicted octanol–water partition coefficient (Wildman–Crippen LogP) is 4.09. The van der Waals surface area contributed by atoms with Crippen LogP contribution in [0.25, 0.3) is 0 Å². The van der Waals surface area contributed by atoms with Gasteiger partial charge >= 0.3 is 0 Å². The molecule has 1 N–H and O–H groups in total. The third kappa shape index (κ3) is 4.89. The summed E-state index contributed by atoms with van der Waals surface area (Å²) in [6, 6.07) is 18.2. The maximum absolute atomic E-state index is 13.5. The largest absolute Gasteiger partial charge is 0.356 e. The van der Waals surface area contributed by atoms with E-state index >= 15 is 0 Å². The van der Waals surface area contributed by atoms with Crippen molar-refractivity contribution >= 4 is 27.3 Å². The molecule has 2 aromatic carbocycles. The first-order valence-electron chi connectivity index (χ1n) is 10.4. The maximum atomic E-state index is 13.5. The van der Waals surface area contributed by atoms with Crippen molar-refractivity contribution in [2.45, 2.75) is 37.1 Å². The molecule has 31 heavy (non-hydrogen) atoms. The lowest BCUT2D eigenvalue weighted by Gasteiger charge is -2.36. The number of nitrogens with one attached hydrogen (secondary N) is 1. The van der Waals surface area contributed by atoms with Gasteiger partial charge in [0.1, 0.15) is 0 Å². The number of hydrogen-bond acceptors (Lipinski definition) is 4. The zero-order valence-electron chi connectivity index (χ0n) is 17.5. The van der Waals surface area contributed by atoms with E-state index in [1.807, 2.05) is 48.7 Å². The van der Waals surface area contributed by atoms with Gasteiger partial charge in [-0.1, -0.05) is 48.0 Å². The molecule has 0 fully saturated rings. The molecule has 0 radical (unpaired) electrons. The molecule has 0 spiro atoms. The lowest BCUT2D eigenvalue weighted by molar-refractivity contribution is -0.122. The molecular weight excluding hydrogens is 428 g/mol. The fourth-order valence-corrected chi connectivity index (χ4v) is 6.32. The summed E-state index contributed by atoms with van der Waals surface area (Å²) in [5.41, 5.74) is 3.02. The van der Waals surface area contributed by atoms with Crippen molar-refractivity contribution in [2.75, 3.05) is 13.1 Å². The van der Waals surface area contributed by atoms with Crippen molar-refractivity contribution in [3.8, 4) is 0 Å². The van der Waals surface area contributed by atoms with Crippen molar-refractivity contribution in [3.63, 3.8) is 0 Å². The number of thiophene rings is 1. The number of hydrogen-bond donors (Lipinski definition) is 1. The van der Waals surface area contributed by atoms with Gasteiger partial charge in [0, 0.05) is 24.4 Å². The minimum absolute atomic E-state index is 0.104. The molecule has 0 saturated carbocycles. The van der Waals surface area contributed by atoms with E-state index in [1.54, 1.807) is 35.6 Å². The number of sulfonamides is 1. The van der Waals surface area contributed by atoms with Crippen molar-refractivity contribution in [1.29, 1.82) is 0 Å². The number of nitrogens with zero attached hydrogens (tertiary/aromatic N) is 1. The number of benzene rings is 2. The van der Waals surface area contributed by atoms with Gasteiger partial charge in [-0.15, -0.1) is 11.3 Å². The van der Waals surface area contributed by atoms with Crippen LogP contribution in [0.3, 0.4) is 0 Å². The molecule has 3 aromatic rings. The first-order chi connectivity index (χ1) is 14.9. The fourth-order valence-electron chi connectivity index (χ4n) is 4.00. The maximum Gasteiger partial charge on any atom is 0.243 e. The molecule has 1 unspecified atom stereocenters. The lowest BCUT2D eigenvalue weighted by Crippen LogP contribution is -2.42. The second kappa shape index (κ2) is 9.34. The topological polar surface area (TPSA) is 66.5 Å². The van der Waals surface area contributed by atoms with Crippen LogP contribution >= 0.6 is 11.3 Å². The van der Waals surface area contributed by atoms with Crippen LogP contribution < -0.4 is 5.32 Å². The summed E-state index contributed by atoms with van der Waals surface area (Å²) in [6.07, 6.45) is 1.51. The highest BCUT2D eigenvalue weighted by atomic mass is 32.2. The van der Waals surface area contributed by atoms with Crippen LogP contribution in [0, 0.1) is 6.92 Å². The van der Waals surface area contributed by atoms with E-state index in [4.69, 9.17) is 0 Å². The van der Waals surface area contributed by atoms with Gasteiger partial charge in [-0.25, -0.2) is 8.42 Å². The molecule has 0 saturated heterocycles. The predicted molar refractivity (Wildman–Crippen MR) is 124 cm³/mol. The highest BCUT2D eigenvalue weighted by molar-refractivity contribution is 7.89. The average molecular weight is 455 g/mol. The second-order valence-electron chi connectivity index (χ2n) is 7.78. The monoisotopic (exact) mass is 454 g/mol. The molecule has 162 valence electrons. The number of rotatable bonds is 7. The van der Waals surface area contributed by atoms with E-state index in [2.05, 4.69) is 5.32 Å². The van der Waals surface area contributed by atoms with Gasteiger partial charge in [-0.3, -0.25) is 4.79 Å². The van der Waals surface area contributed by atoms with Crippen LogP contribution in [0.2, 0.25) is 0 Å². The first-order valence-corrected chi connectivity index (χ1v) is 12.7. The van der Waals surface area contributed by atoms with Gasteiger partial charge in [0.15, 0.2) is 0 Å². The lowest BCUT2D eigenvalue weighted by atomic mass is 9.92. The number of fused-ring (bicyclic) bond motifs is 1. The summed E-state index contributed by atoms with van der Waals surface area (Å²) in [7, 11) is -3.72. The average Bonchev–Trinajstić information content (AvgIpc) is 3.27. The molecule has 1 aliphatic heterocycles. The number of aryl methyl sites for hydroxylation is 1. The van der Waals surface area contributed by atoms with Crippen molar-refractivity contribution in [2.24, 2.45) is 0 Å². The summed E-state index contributed by atoms with van der Waals surface area (Å²) < 4.78 is 28.4. The molecule has 4 rings (SSSR count). The Balaban J connectivity index is 1.56. The van der Waals surface area contributed by atoms with Gasteiger partial charge in [0.2, 0.25) is 15.9 Å². The van der Waals surface area contributed by atoms with Crippen LogP contribution in [0.5, 0.6) is 0 Å². The normalized spacial score (nSPS) is 16.6. The van der Waals surface area contributed by atoms with Crippen LogP contribution in [0.4, 0.5) is 0 Å². The molecule has 2 heterocycles. The van der Waals surface area contributed by atoms with Crippen molar-refractivity contribution in [3.05, 3.63) is 87.6 Å². The highest BCUT2D eigenvalue weighted by Crippen LogP contribution is 2.36. The summed E-state index contributed by atoms with van der Waals surface area (Å²) in [6.45, 7) is 2.83. The van der Waals surface area contributed by atoms with E-state index < -0.39 is 16.1 Å². The van der Waals surface area contributed by atoms with Gasteiger partial charge < -0.3 is 5.32 Å². The summed E-state index contributed by atoms with van der Waals surface area (Å²) in [5.74, 6) is -0.137. The number of carbonyl (C=O) groups is 1. The Kier molecular flexibility index (Phi) is 6.55. The molecule has 5 nitrogen and oxygen atoms in total. The molecule has 1 aromatic heterocycles. The molecule has 0 bridgehead atoms. The minimum Gasteiger partial charge on any atom is -0.356 e. The zero-order chi connectivity index (χ0) is 21.8. The van der Waals surface area contributed by atoms with E-state index in [-0.39, 0.29) is 17.2 Å². The molecule has 7 heteroatoms. The smallest absolute Gasteiger partial charge is 0.243 e. The van der Waals surface area contributed by atoms with Gasteiger partial charge in [-0.2, -0.15) is 4.31 Å². The molecule has 0 aliphatic carbocycles. The van der Waals surface area contributed by atoms with E-state index in [0.29, 0.717) is 19.5 Å². The Labute approximate surface area is 187 Å². The van der Waals surface area contributed by atoms with Crippen LogP contribution in [-0.2, 0) is 27.7 Å². The standard InChI is InChI=1S/C24H26N2O3S2/c1-18-8-10-21(11-9-18)31(28,29)26-15-13-19-5-2-3-7-22(19)23(26)17-24(27)25-14-12-20-6-4-16-30-20/h2-11,16,23H,12-15,17H2,1H3,(H,25,27). The van der Waals surface area contributed by atoms with E-state index in [9.17, 15) is 13.2 Å². The Hall–Kier alpha value is -2.48. The minimum atomic E-state index is -3.72. The third-order valence-corrected chi connectivity index (χ3v) is 8.50. The molecule has 1 aliphatic rings. The SMILES string of the molecule is Cc1ccc(S(=O)(=O)N2CCc3ccccc3C2CC(=O)NCCc2cccs2)cc1. The van der Waals surface area contributed by atoms with E-state index in [1.165, 1.54) is 9.18 Å². The molecular formula is C24H26N2O3S2. The van der Waals surface area contributed by atoms with Gasteiger partial charge in [0.05, 0.1) is 10.9 Å². The summed E-state index contributed by atoms with van der Waals surface area (Å²) in [5, 5.41) is 4.98. The first kappa shape index (κ1) is 21.7. The number of carbonyl (C=O) groups excluding carboxylic acids is 1. The summed E-state index contributed by atoms with van der Waals surface area (Å²) in [4.78, 5) is 14.3. The van der Waals surface area contributed by atoms with Crippen LogP contribution in [0.1, 0.15) is 34.0 Å². The number of amides is 1. The molecule has 1 atom stereocenters. The van der Waals surface area contributed by atoms with Crippen LogP contribution in [-0.4, -0.2) is 31.7 Å². The Morgan fingerprint density at radius 2 is 1.87 bits per heavy atom.